The highest BCUT2D eigenvalue weighted by Gasteiger charge is 2.14. The number of carbonyl (C=O) groups is 1. The number of nitrogens with one attached hydrogen (secondary N) is 1. The van der Waals surface area contributed by atoms with Crippen LogP contribution in [0, 0.1) is 6.92 Å². The lowest BCUT2D eigenvalue weighted by atomic mass is 10.1. The number of carbonyl (C=O) groups excluding carboxylic acids is 1. The van der Waals surface area contributed by atoms with Crippen molar-refractivity contribution in [2.45, 2.75) is 6.92 Å². The van der Waals surface area contributed by atoms with Crippen molar-refractivity contribution < 1.29 is 9.53 Å². The zero-order chi connectivity index (χ0) is 18.1. The normalized spacial score (nSPS) is 10.8. The van der Waals surface area contributed by atoms with Gasteiger partial charge in [-0.3, -0.25) is 10.1 Å². The molecule has 4 aromatic rings. The van der Waals surface area contributed by atoms with E-state index in [1.165, 1.54) is 11.3 Å². The number of fused-ring (bicyclic) bond motifs is 1. The second-order valence-corrected chi connectivity index (χ2v) is 6.64. The van der Waals surface area contributed by atoms with Gasteiger partial charge in [0.15, 0.2) is 0 Å². The average molecular weight is 364 g/mol. The molecule has 26 heavy (non-hydrogen) atoms. The highest BCUT2D eigenvalue weighted by atomic mass is 32.1. The Morgan fingerprint density at radius 3 is 2.77 bits per heavy atom. The van der Waals surface area contributed by atoms with Crippen molar-refractivity contribution in [3.05, 3.63) is 65.0 Å². The second kappa shape index (κ2) is 6.61. The van der Waals surface area contributed by atoms with Crippen molar-refractivity contribution in [2.75, 3.05) is 12.4 Å². The standard InChI is InChI=1S/C19H16N4O2S/c1-12-6-8-13(9-7-12)17(24)20-18-21-19-23(22-18)16(11-26-19)14-4-3-5-15(10-14)25-2/h3-11H,1-2H3,(H,20,22,24). The maximum Gasteiger partial charge on any atom is 0.258 e. The van der Waals surface area contributed by atoms with Gasteiger partial charge in [-0.1, -0.05) is 29.8 Å². The van der Waals surface area contributed by atoms with Crippen LogP contribution >= 0.6 is 11.3 Å². The number of thiazole rings is 1. The van der Waals surface area contributed by atoms with Gasteiger partial charge in [-0.05, 0) is 31.2 Å². The zero-order valence-electron chi connectivity index (χ0n) is 14.3. The summed E-state index contributed by atoms with van der Waals surface area (Å²) in [6, 6.07) is 15.1. The summed E-state index contributed by atoms with van der Waals surface area (Å²) in [5, 5.41) is 9.17. The number of amides is 1. The van der Waals surface area contributed by atoms with Crippen molar-refractivity contribution in [1.29, 1.82) is 0 Å². The Morgan fingerprint density at radius 2 is 2.00 bits per heavy atom. The maximum absolute atomic E-state index is 12.3. The van der Waals surface area contributed by atoms with Crippen molar-refractivity contribution in [1.82, 2.24) is 14.6 Å². The Morgan fingerprint density at radius 1 is 1.19 bits per heavy atom. The van der Waals surface area contributed by atoms with Crippen LogP contribution in [0.2, 0.25) is 0 Å². The number of anilines is 1. The van der Waals surface area contributed by atoms with E-state index in [-0.39, 0.29) is 11.9 Å². The van der Waals surface area contributed by atoms with Crippen molar-refractivity contribution in [3.8, 4) is 17.0 Å². The van der Waals surface area contributed by atoms with Gasteiger partial charge in [0.25, 0.3) is 11.9 Å². The molecule has 130 valence electrons. The quantitative estimate of drug-likeness (QED) is 0.594. The molecule has 0 atom stereocenters. The molecule has 1 amide bonds. The van der Waals surface area contributed by atoms with E-state index in [0.29, 0.717) is 10.5 Å². The van der Waals surface area contributed by atoms with Gasteiger partial charge < -0.3 is 4.74 Å². The molecule has 0 spiro atoms. The van der Waals surface area contributed by atoms with Gasteiger partial charge in [-0.15, -0.1) is 16.4 Å². The zero-order valence-corrected chi connectivity index (χ0v) is 15.1. The Hall–Kier alpha value is -3.19. The minimum absolute atomic E-state index is 0.230. The predicted molar refractivity (Wildman–Crippen MR) is 102 cm³/mol. The maximum atomic E-state index is 12.3. The van der Waals surface area contributed by atoms with Crippen LogP contribution in [0.3, 0.4) is 0 Å². The third-order valence-corrected chi connectivity index (χ3v) is 4.80. The van der Waals surface area contributed by atoms with E-state index in [1.807, 2.05) is 48.7 Å². The molecule has 0 aliphatic heterocycles. The van der Waals surface area contributed by atoms with E-state index in [2.05, 4.69) is 15.4 Å². The monoisotopic (exact) mass is 364 g/mol. The summed E-state index contributed by atoms with van der Waals surface area (Å²) < 4.78 is 7.01. The van der Waals surface area contributed by atoms with Gasteiger partial charge in [0.1, 0.15) is 5.75 Å². The molecule has 1 N–H and O–H groups in total. The SMILES string of the molecule is COc1cccc(-c2csc3nc(NC(=O)c4ccc(C)cc4)nn23)c1. The lowest BCUT2D eigenvalue weighted by molar-refractivity contribution is 0.102. The lowest BCUT2D eigenvalue weighted by Gasteiger charge is -2.03. The molecule has 2 heterocycles. The first-order valence-corrected chi connectivity index (χ1v) is 8.89. The summed E-state index contributed by atoms with van der Waals surface area (Å²) in [6.07, 6.45) is 0. The first kappa shape index (κ1) is 16.3. The number of ether oxygens (including phenoxy) is 1. The number of hydrogen-bond acceptors (Lipinski definition) is 5. The first-order chi connectivity index (χ1) is 12.6. The lowest BCUT2D eigenvalue weighted by Crippen LogP contribution is -2.13. The average Bonchev–Trinajstić information content (AvgIpc) is 3.22. The van der Waals surface area contributed by atoms with Crippen LogP contribution in [0.25, 0.3) is 16.2 Å². The fraction of sp³-hybridized carbons (Fsp3) is 0.105. The third kappa shape index (κ3) is 3.04. The second-order valence-electron chi connectivity index (χ2n) is 5.80. The Balaban J connectivity index is 1.63. The number of nitrogens with zero attached hydrogens (tertiary/aromatic N) is 3. The number of rotatable bonds is 4. The summed E-state index contributed by atoms with van der Waals surface area (Å²) in [6.45, 7) is 1.98. The van der Waals surface area contributed by atoms with Crippen LogP contribution in [0.4, 0.5) is 5.95 Å². The van der Waals surface area contributed by atoms with Crippen LogP contribution in [0.5, 0.6) is 5.75 Å². The van der Waals surface area contributed by atoms with E-state index in [0.717, 1.165) is 22.6 Å². The van der Waals surface area contributed by atoms with Crippen molar-refractivity contribution in [2.24, 2.45) is 0 Å². The molecule has 0 unspecified atom stereocenters. The number of benzene rings is 2. The van der Waals surface area contributed by atoms with E-state index < -0.39 is 0 Å². The minimum atomic E-state index is -0.230. The molecule has 4 rings (SSSR count). The van der Waals surface area contributed by atoms with Crippen molar-refractivity contribution in [3.63, 3.8) is 0 Å². The Bertz CT molecular complexity index is 1080. The first-order valence-electron chi connectivity index (χ1n) is 8.01. The summed E-state index contributed by atoms with van der Waals surface area (Å²) in [5.41, 5.74) is 3.54. The number of aryl methyl sites for hydroxylation is 1. The highest BCUT2D eigenvalue weighted by molar-refractivity contribution is 7.15. The van der Waals surface area contributed by atoms with Crippen LogP contribution in [0.15, 0.2) is 53.9 Å². The van der Waals surface area contributed by atoms with Crippen LogP contribution in [0.1, 0.15) is 15.9 Å². The molecule has 2 aromatic heterocycles. The number of hydrogen-bond donors (Lipinski definition) is 1. The molecular weight excluding hydrogens is 348 g/mol. The molecule has 0 saturated heterocycles. The summed E-state index contributed by atoms with van der Waals surface area (Å²) in [4.78, 5) is 17.5. The predicted octanol–water partition coefficient (Wildman–Crippen LogP) is 4.03. The van der Waals surface area contributed by atoms with Gasteiger partial charge in [-0.25, -0.2) is 4.52 Å². The van der Waals surface area contributed by atoms with E-state index in [4.69, 9.17) is 4.74 Å². The molecule has 0 aliphatic rings. The Labute approximate surface area is 154 Å². The van der Waals surface area contributed by atoms with E-state index in [1.54, 1.807) is 23.8 Å². The van der Waals surface area contributed by atoms with Gasteiger partial charge >= 0.3 is 0 Å². The summed E-state index contributed by atoms with van der Waals surface area (Å²) >= 11 is 1.47. The van der Waals surface area contributed by atoms with Crippen molar-refractivity contribution >= 4 is 28.2 Å². The topological polar surface area (TPSA) is 68.5 Å². The molecule has 0 bridgehead atoms. The molecule has 6 nitrogen and oxygen atoms in total. The largest absolute Gasteiger partial charge is 0.497 e. The molecule has 7 heteroatoms. The summed E-state index contributed by atoms with van der Waals surface area (Å²) in [7, 11) is 1.64. The fourth-order valence-electron chi connectivity index (χ4n) is 2.59. The van der Waals surface area contributed by atoms with Gasteiger partial charge in [0, 0.05) is 16.5 Å². The van der Waals surface area contributed by atoms with Crippen LogP contribution in [-0.2, 0) is 0 Å². The molecule has 2 aromatic carbocycles. The van der Waals surface area contributed by atoms with Gasteiger partial charge in [0.05, 0.1) is 12.8 Å². The summed E-state index contributed by atoms with van der Waals surface area (Å²) in [5.74, 6) is 0.826. The number of methoxy groups -OCH3 is 1. The van der Waals surface area contributed by atoms with Crippen LogP contribution in [-0.4, -0.2) is 27.6 Å². The molecule has 0 saturated carbocycles. The highest BCUT2D eigenvalue weighted by Crippen LogP contribution is 2.28. The molecule has 0 aliphatic carbocycles. The van der Waals surface area contributed by atoms with Gasteiger partial charge in [-0.2, -0.15) is 4.98 Å². The minimum Gasteiger partial charge on any atom is -0.497 e. The Kier molecular flexibility index (Phi) is 4.14. The van der Waals surface area contributed by atoms with Crippen LogP contribution < -0.4 is 10.1 Å². The van der Waals surface area contributed by atoms with E-state index >= 15 is 0 Å². The smallest absolute Gasteiger partial charge is 0.258 e. The van der Waals surface area contributed by atoms with E-state index in [9.17, 15) is 4.79 Å². The molecule has 0 fully saturated rings. The molecular formula is C19H16N4O2S. The van der Waals surface area contributed by atoms with Gasteiger partial charge in [0.2, 0.25) is 4.96 Å². The third-order valence-electron chi connectivity index (χ3n) is 3.99. The molecule has 0 radical (unpaired) electrons. The number of aromatic nitrogens is 3. The fourth-order valence-corrected chi connectivity index (χ4v) is 3.42.